The maximum Gasteiger partial charge on any atom is 0.407 e. The number of carbonyl (C=O) groups is 1. The van der Waals surface area contributed by atoms with Crippen LogP contribution in [-0.4, -0.2) is 30.6 Å². The number of rotatable bonds is 4. The van der Waals surface area contributed by atoms with Crippen molar-refractivity contribution in [2.24, 2.45) is 0 Å². The van der Waals surface area contributed by atoms with Gasteiger partial charge in [-0.25, -0.2) is 4.79 Å². The van der Waals surface area contributed by atoms with Gasteiger partial charge in [-0.2, -0.15) is 0 Å². The van der Waals surface area contributed by atoms with Crippen molar-refractivity contribution < 1.29 is 13.7 Å². The third-order valence-electron chi connectivity index (χ3n) is 1.19. The van der Waals surface area contributed by atoms with Crippen LogP contribution in [0.5, 0.6) is 0 Å². The van der Waals surface area contributed by atoms with Gasteiger partial charge in [-0.15, -0.1) is 0 Å². The molecule has 0 radical (unpaired) electrons. The van der Waals surface area contributed by atoms with Gasteiger partial charge in [0.15, 0.2) is 0 Å². The number of hydrogen-bond donors (Lipinski definition) is 1. The molecule has 0 heterocycles. The summed E-state index contributed by atoms with van der Waals surface area (Å²) in [4.78, 5) is 11.2. The largest absolute Gasteiger partial charge is 0.444 e. The second-order valence-corrected chi connectivity index (χ2v) is 4.48. The molecular formula is C9H19NO3S. The topological polar surface area (TPSA) is 47.6 Å². The van der Waals surface area contributed by atoms with Crippen molar-refractivity contribution in [3.8, 4) is 0 Å². The Labute approximate surface area is 89.9 Å². The molecule has 1 unspecified atom stereocenters. The highest BCUT2D eigenvalue weighted by Crippen LogP contribution is 2.06. The zero-order valence-corrected chi connectivity index (χ0v) is 10.2. The molecule has 0 saturated carbocycles. The molecule has 1 atom stereocenters. The number of nitrogens with one attached hydrogen (secondary N) is 1. The predicted octanol–water partition coefficient (Wildman–Crippen LogP) is 2.19. The molecule has 5 heteroatoms. The third-order valence-corrected chi connectivity index (χ3v) is 1.71. The highest BCUT2D eigenvalue weighted by Gasteiger charge is 2.16. The minimum absolute atomic E-state index is 0.0162. The van der Waals surface area contributed by atoms with E-state index >= 15 is 0 Å². The summed E-state index contributed by atoms with van der Waals surface area (Å²) in [5.41, 5.74) is -0.451. The van der Waals surface area contributed by atoms with E-state index in [1.807, 2.05) is 34.0 Å². The Morgan fingerprint density at radius 1 is 1.50 bits per heavy atom. The summed E-state index contributed by atoms with van der Waals surface area (Å²) in [6.45, 7) is 7.82. The van der Waals surface area contributed by atoms with Gasteiger partial charge in [0.25, 0.3) is 0 Å². The van der Waals surface area contributed by atoms with Crippen molar-refractivity contribution in [1.82, 2.24) is 5.32 Å². The average molecular weight is 221 g/mol. The van der Waals surface area contributed by atoms with Crippen molar-refractivity contribution >= 4 is 18.1 Å². The van der Waals surface area contributed by atoms with Crippen LogP contribution in [0.15, 0.2) is 0 Å². The lowest BCUT2D eigenvalue weighted by molar-refractivity contribution is 0.0509. The molecule has 0 aromatic heterocycles. The van der Waals surface area contributed by atoms with Crippen molar-refractivity contribution in [3.63, 3.8) is 0 Å². The fourth-order valence-corrected chi connectivity index (χ4v) is 1.14. The Balaban J connectivity index is 3.64. The van der Waals surface area contributed by atoms with Crippen LogP contribution in [0.25, 0.3) is 0 Å². The Bertz CT molecular complexity index is 179. The Morgan fingerprint density at radius 3 is 2.50 bits per heavy atom. The fourth-order valence-electron chi connectivity index (χ4n) is 0.740. The number of hydrogen-bond acceptors (Lipinski definition) is 4. The van der Waals surface area contributed by atoms with Gasteiger partial charge in [0.1, 0.15) is 5.60 Å². The van der Waals surface area contributed by atoms with Gasteiger partial charge >= 0.3 is 6.09 Å². The van der Waals surface area contributed by atoms with Gasteiger partial charge in [0.2, 0.25) is 0 Å². The van der Waals surface area contributed by atoms with E-state index in [1.54, 1.807) is 0 Å². The number of alkyl carbamates (subject to hydrolysis) is 1. The predicted molar refractivity (Wildman–Crippen MR) is 58.3 cm³/mol. The first kappa shape index (κ1) is 13.6. The van der Waals surface area contributed by atoms with E-state index in [1.165, 1.54) is 12.0 Å². The molecule has 0 spiro atoms. The van der Waals surface area contributed by atoms with E-state index in [0.717, 1.165) is 0 Å². The van der Waals surface area contributed by atoms with Crippen molar-refractivity contribution in [1.29, 1.82) is 0 Å². The van der Waals surface area contributed by atoms with E-state index < -0.39 is 11.7 Å². The zero-order valence-electron chi connectivity index (χ0n) is 9.42. The molecule has 0 aromatic rings. The zero-order chi connectivity index (χ0) is 11.2. The Hall–Kier alpha value is -0.420. The van der Waals surface area contributed by atoms with Gasteiger partial charge in [0.05, 0.1) is 6.10 Å². The normalized spacial score (nSPS) is 13.5. The summed E-state index contributed by atoms with van der Waals surface area (Å²) < 4.78 is 10.2. The van der Waals surface area contributed by atoms with Crippen LogP contribution in [0.1, 0.15) is 27.7 Å². The summed E-state index contributed by atoms with van der Waals surface area (Å²) in [6, 6.07) is 0. The molecule has 4 nitrogen and oxygen atoms in total. The van der Waals surface area contributed by atoms with Crippen LogP contribution in [0.4, 0.5) is 4.79 Å². The summed E-state index contributed by atoms with van der Waals surface area (Å²) >= 11 is 1.28. The summed E-state index contributed by atoms with van der Waals surface area (Å²) in [6.07, 6.45) is 1.41. The first-order valence-electron chi connectivity index (χ1n) is 4.51. The highest BCUT2D eigenvalue weighted by atomic mass is 32.2. The van der Waals surface area contributed by atoms with Crippen LogP contribution in [0.2, 0.25) is 0 Å². The first-order valence-corrected chi connectivity index (χ1v) is 5.66. The van der Waals surface area contributed by atoms with Crippen LogP contribution in [0, 0.1) is 0 Å². The molecule has 0 fully saturated rings. The first-order chi connectivity index (χ1) is 6.35. The molecule has 14 heavy (non-hydrogen) atoms. The molecular weight excluding hydrogens is 202 g/mol. The van der Waals surface area contributed by atoms with Gasteiger partial charge in [-0.05, 0) is 39.7 Å². The fraction of sp³-hybridized carbons (Fsp3) is 0.889. The molecule has 0 saturated heterocycles. The number of carbonyl (C=O) groups excluding carboxylic acids is 1. The van der Waals surface area contributed by atoms with E-state index in [9.17, 15) is 4.79 Å². The van der Waals surface area contributed by atoms with Crippen LogP contribution in [0.3, 0.4) is 0 Å². The molecule has 0 aromatic carbocycles. The Kier molecular flexibility index (Phi) is 5.95. The summed E-state index contributed by atoms with van der Waals surface area (Å²) in [5, 5.41) is 2.62. The summed E-state index contributed by atoms with van der Waals surface area (Å²) in [5.74, 6) is 0. The molecule has 1 amide bonds. The molecule has 0 bridgehead atoms. The lowest BCUT2D eigenvalue weighted by Crippen LogP contribution is -2.36. The Morgan fingerprint density at radius 2 is 2.07 bits per heavy atom. The van der Waals surface area contributed by atoms with Crippen LogP contribution in [-0.2, 0) is 8.92 Å². The van der Waals surface area contributed by atoms with Crippen molar-refractivity contribution in [2.75, 3.05) is 12.8 Å². The van der Waals surface area contributed by atoms with E-state index in [4.69, 9.17) is 8.92 Å². The minimum atomic E-state index is -0.451. The quantitative estimate of drug-likeness (QED) is 0.739. The smallest absolute Gasteiger partial charge is 0.407 e. The monoisotopic (exact) mass is 221 g/mol. The average Bonchev–Trinajstić information content (AvgIpc) is 1.98. The standard InChI is InChI=1S/C9H19NO3S/c1-7(13-14-5)6-10-8(11)12-9(2,3)4/h7H,6H2,1-5H3,(H,10,11). The maximum absolute atomic E-state index is 11.2. The highest BCUT2D eigenvalue weighted by molar-refractivity contribution is 7.93. The number of amides is 1. The lowest BCUT2D eigenvalue weighted by Gasteiger charge is -2.20. The van der Waals surface area contributed by atoms with Crippen LogP contribution >= 0.6 is 12.0 Å². The van der Waals surface area contributed by atoms with E-state index in [0.29, 0.717) is 6.54 Å². The molecule has 0 aliphatic carbocycles. The van der Waals surface area contributed by atoms with E-state index in [2.05, 4.69) is 5.32 Å². The van der Waals surface area contributed by atoms with E-state index in [-0.39, 0.29) is 6.10 Å². The van der Waals surface area contributed by atoms with Gasteiger partial charge in [0, 0.05) is 12.8 Å². The summed E-state index contributed by atoms with van der Waals surface area (Å²) in [7, 11) is 0. The molecule has 0 aliphatic heterocycles. The molecule has 0 rings (SSSR count). The third kappa shape index (κ3) is 8.19. The van der Waals surface area contributed by atoms with Crippen molar-refractivity contribution in [2.45, 2.75) is 39.4 Å². The lowest BCUT2D eigenvalue weighted by atomic mass is 10.2. The second kappa shape index (κ2) is 6.14. The number of ether oxygens (including phenoxy) is 1. The maximum atomic E-state index is 11.2. The molecule has 0 aliphatic rings. The van der Waals surface area contributed by atoms with Gasteiger partial charge in [-0.3, -0.25) is 0 Å². The molecule has 1 N–H and O–H groups in total. The SMILES string of the molecule is CSOC(C)CNC(=O)OC(C)(C)C. The van der Waals surface area contributed by atoms with Crippen LogP contribution < -0.4 is 5.32 Å². The minimum Gasteiger partial charge on any atom is -0.444 e. The van der Waals surface area contributed by atoms with Gasteiger partial charge < -0.3 is 14.2 Å². The molecule has 84 valence electrons. The second-order valence-electron chi connectivity index (χ2n) is 3.96. The van der Waals surface area contributed by atoms with Gasteiger partial charge in [-0.1, -0.05) is 0 Å². The van der Waals surface area contributed by atoms with Crippen molar-refractivity contribution in [3.05, 3.63) is 0 Å².